The number of nitrogens with two attached hydrogens (primary N) is 1. The van der Waals surface area contributed by atoms with Crippen LogP contribution in [-0.4, -0.2) is 22.5 Å². The van der Waals surface area contributed by atoms with Crippen LogP contribution in [0, 0.1) is 11.3 Å². The number of rotatable bonds is 8. The van der Waals surface area contributed by atoms with Gasteiger partial charge in [0.2, 0.25) is 0 Å². The first-order chi connectivity index (χ1) is 7.40. The van der Waals surface area contributed by atoms with E-state index in [0.717, 1.165) is 18.8 Å². The maximum atomic E-state index is 8.63. The molecule has 4 heteroatoms. The summed E-state index contributed by atoms with van der Waals surface area (Å²) in [5.41, 5.74) is 5.44. The van der Waals surface area contributed by atoms with Crippen molar-refractivity contribution in [2.24, 2.45) is 22.2 Å². The van der Waals surface area contributed by atoms with Gasteiger partial charge in [-0.2, -0.15) is 11.8 Å². The summed E-state index contributed by atoms with van der Waals surface area (Å²) in [6, 6.07) is 0. The van der Waals surface area contributed by atoms with Crippen LogP contribution in [0.4, 0.5) is 0 Å². The third kappa shape index (κ3) is 6.99. The third-order valence-electron chi connectivity index (χ3n) is 2.59. The molecule has 0 heterocycles. The summed E-state index contributed by atoms with van der Waals surface area (Å²) in [6.07, 6.45) is 3.32. The molecule has 0 amide bonds. The molecule has 0 aromatic carbocycles. The highest BCUT2D eigenvalue weighted by Crippen LogP contribution is 2.24. The van der Waals surface area contributed by atoms with Crippen LogP contribution in [0.2, 0.25) is 0 Å². The van der Waals surface area contributed by atoms with Crippen LogP contribution < -0.4 is 5.73 Å². The van der Waals surface area contributed by atoms with E-state index >= 15 is 0 Å². The Morgan fingerprint density at radius 2 is 2.00 bits per heavy atom. The molecule has 16 heavy (non-hydrogen) atoms. The maximum Gasteiger partial charge on any atom is 0.144 e. The van der Waals surface area contributed by atoms with Crippen LogP contribution in [0.25, 0.3) is 0 Å². The van der Waals surface area contributed by atoms with Crippen LogP contribution >= 0.6 is 11.8 Å². The molecule has 0 saturated heterocycles. The molecular formula is C12H26N2OS. The van der Waals surface area contributed by atoms with Crippen LogP contribution in [0.3, 0.4) is 0 Å². The van der Waals surface area contributed by atoms with E-state index in [1.807, 2.05) is 25.6 Å². The molecule has 0 atom stereocenters. The second kappa shape index (κ2) is 7.82. The predicted molar refractivity (Wildman–Crippen MR) is 73.2 cm³/mol. The zero-order valence-corrected chi connectivity index (χ0v) is 11.8. The van der Waals surface area contributed by atoms with E-state index in [0.29, 0.717) is 5.84 Å². The minimum absolute atomic E-state index is 0.183. The molecule has 0 aromatic heterocycles. The van der Waals surface area contributed by atoms with Crippen molar-refractivity contribution >= 4 is 17.6 Å². The predicted octanol–water partition coefficient (Wildman–Crippen LogP) is 3.32. The largest absolute Gasteiger partial charge is 0.409 e. The molecule has 0 aromatic rings. The highest BCUT2D eigenvalue weighted by atomic mass is 32.2. The Morgan fingerprint density at radius 3 is 2.50 bits per heavy atom. The standard InChI is InChI=1S/C12H26N2OS/c1-10(2)9-16-8-6-5-7-12(3,4)11(13)14-15/h10,15H,5-9H2,1-4H3,(H2,13,14). The van der Waals surface area contributed by atoms with Gasteiger partial charge in [0.05, 0.1) is 0 Å². The molecule has 0 radical (unpaired) electrons. The lowest BCUT2D eigenvalue weighted by molar-refractivity contribution is 0.304. The van der Waals surface area contributed by atoms with Crippen molar-refractivity contribution < 1.29 is 5.21 Å². The van der Waals surface area contributed by atoms with Gasteiger partial charge in [-0.25, -0.2) is 0 Å². The molecule has 0 unspecified atom stereocenters. The second-order valence-electron chi connectivity index (χ2n) is 5.29. The summed E-state index contributed by atoms with van der Waals surface area (Å²) in [7, 11) is 0. The van der Waals surface area contributed by atoms with Gasteiger partial charge in [-0.1, -0.05) is 39.3 Å². The van der Waals surface area contributed by atoms with Crippen molar-refractivity contribution in [1.29, 1.82) is 0 Å². The van der Waals surface area contributed by atoms with Crippen molar-refractivity contribution in [3.05, 3.63) is 0 Å². The molecule has 0 rings (SSSR count). The number of amidine groups is 1. The highest BCUT2D eigenvalue weighted by Gasteiger charge is 2.22. The number of thioether (sulfide) groups is 1. The first-order valence-corrected chi connectivity index (χ1v) is 7.11. The molecule has 3 N–H and O–H groups in total. The van der Waals surface area contributed by atoms with Crippen LogP contribution in [-0.2, 0) is 0 Å². The van der Waals surface area contributed by atoms with Crippen molar-refractivity contribution in [1.82, 2.24) is 0 Å². The first-order valence-electron chi connectivity index (χ1n) is 5.96. The second-order valence-corrected chi connectivity index (χ2v) is 6.44. The quantitative estimate of drug-likeness (QED) is 0.227. The summed E-state index contributed by atoms with van der Waals surface area (Å²) in [4.78, 5) is 0. The Kier molecular flexibility index (Phi) is 7.64. The number of oxime groups is 1. The van der Waals surface area contributed by atoms with Gasteiger partial charge in [0.1, 0.15) is 5.84 Å². The smallest absolute Gasteiger partial charge is 0.144 e. The Morgan fingerprint density at radius 1 is 1.38 bits per heavy atom. The maximum absolute atomic E-state index is 8.63. The fraction of sp³-hybridized carbons (Fsp3) is 0.917. The number of hydrogen-bond donors (Lipinski definition) is 2. The molecule has 0 fully saturated rings. The fourth-order valence-corrected chi connectivity index (χ4v) is 2.40. The van der Waals surface area contributed by atoms with Gasteiger partial charge in [-0.05, 0) is 30.3 Å². The lowest BCUT2D eigenvalue weighted by Gasteiger charge is -2.22. The SMILES string of the molecule is CC(C)CSCCCCC(C)(C)C(N)=NO. The fourth-order valence-electron chi connectivity index (χ4n) is 1.35. The molecule has 0 aliphatic heterocycles. The summed E-state index contributed by atoms with van der Waals surface area (Å²) in [5.74, 6) is 3.56. The minimum atomic E-state index is -0.183. The van der Waals surface area contributed by atoms with E-state index in [9.17, 15) is 0 Å². The van der Waals surface area contributed by atoms with E-state index in [4.69, 9.17) is 10.9 Å². The molecule has 0 saturated carbocycles. The summed E-state index contributed by atoms with van der Waals surface area (Å²) in [6.45, 7) is 8.52. The molecule has 0 aliphatic rings. The third-order valence-corrected chi connectivity index (χ3v) is 4.07. The Labute approximate surface area is 104 Å². The molecule has 3 nitrogen and oxygen atoms in total. The molecule has 96 valence electrons. The first kappa shape index (κ1) is 15.6. The molecule has 0 aliphatic carbocycles. The molecule has 0 spiro atoms. The van der Waals surface area contributed by atoms with E-state index in [1.54, 1.807) is 0 Å². The van der Waals surface area contributed by atoms with Crippen molar-refractivity contribution in [2.45, 2.75) is 47.0 Å². The van der Waals surface area contributed by atoms with E-state index < -0.39 is 0 Å². The summed E-state index contributed by atoms with van der Waals surface area (Å²) < 4.78 is 0. The normalized spacial score (nSPS) is 13.4. The van der Waals surface area contributed by atoms with E-state index in [-0.39, 0.29) is 5.41 Å². The Bertz CT molecular complexity index is 215. The van der Waals surface area contributed by atoms with E-state index in [2.05, 4.69) is 19.0 Å². The van der Waals surface area contributed by atoms with Gasteiger partial charge in [0, 0.05) is 5.41 Å². The van der Waals surface area contributed by atoms with Crippen LogP contribution in [0.1, 0.15) is 47.0 Å². The number of hydrogen-bond acceptors (Lipinski definition) is 3. The minimum Gasteiger partial charge on any atom is -0.409 e. The zero-order valence-electron chi connectivity index (χ0n) is 11.0. The van der Waals surface area contributed by atoms with Gasteiger partial charge in [0.25, 0.3) is 0 Å². The van der Waals surface area contributed by atoms with E-state index in [1.165, 1.54) is 17.9 Å². The van der Waals surface area contributed by atoms with Gasteiger partial charge in [-0.15, -0.1) is 0 Å². The van der Waals surface area contributed by atoms with Gasteiger partial charge in [-0.3, -0.25) is 0 Å². The summed E-state index contributed by atoms with van der Waals surface area (Å²) >= 11 is 2.02. The topological polar surface area (TPSA) is 58.6 Å². The van der Waals surface area contributed by atoms with Crippen molar-refractivity contribution in [3.63, 3.8) is 0 Å². The Balaban J connectivity index is 3.59. The molecular weight excluding hydrogens is 220 g/mol. The highest BCUT2D eigenvalue weighted by molar-refractivity contribution is 7.99. The Hall–Kier alpha value is -0.380. The average molecular weight is 246 g/mol. The average Bonchev–Trinajstić information content (AvgIpc) is 2.21. The summed E-state index contributed by atoms with van der Waals surface area (Å²) in [5, 5.41) is 11.7. The lowest BCUT2D eigenvalue weighted by Crippen LogP contribution is -2.31. The van der Waals surface area contributed by atoms with Crippen molar-refractivity contribution in [2.75, 3.05) is 11.5 Å². The van der Waals surface area contributed by atoms with Gasteiger partial charge in [0.15, 0.2) is 0 Å². The zero-order chi connectivity index (χ0) is 12.6. The van der Waals surface area contributed by atoms with Gasteiger partial charge < -0.3 is 10.9 Å². The monoisotopic (exact) mass is 246 g/mol. The van der Waals surface area contributed by atoms with Crippen LogP contribution in [0.15, 0.2) is 5.16 Å². The lowest BCUT2D eigenvalue weighted by atomic mass is 9.86. The number of unbranched alkanes of at least 4 members (excludes halogenated alkanes) is 1. The van der Waals surface area contributed by atoms with Gasteiger partial charge >= 0.3 is 0 Å². The van der Waals surface area contributed by atoms with Crippen LogP contribution in [0.5, 0.6) is 0 Å². The van der Waals surface area contributed by atoms with Crippen molar-refractivity contribution in [3.8, 4) is 0 Å². The molecule has 0 bridgehead atoms. The number of nitrogens with zero attached hydrogens (tertiary/aromatic N) is 1.